The molecule has 0 aliphatic heterocycles. The molecule has 0 aliphatic carbocycles. The number of nitrogens with zero attached hydrogens (tertiary/aromatic N) is 3. The molecule has 2 aromatic rings. The van der Waals surface area contributed by atoms with E-state index in [9.17, 15) is 0 Å². The van der Waals surface area contributed by atoms with Crippen molar-refractivity contribution in [1.29, 1.82) is 0 Å². The molecule has 2 N–H and O–H groups in total. The second kappa shape index (κ2) is 5.54. The van der Waals surface area contributed by atoms with E-state index in [2.05, 4.69) is 39.0 Å². The zero-order valence-electron chi connectivity index (χ0n) is 10.6. The molecule has 0 spiro atoms. The van der Waals surface area contributed by atoms with Crippen molar-refractivity contribution in [3.63, 3.8) is 0 Å². The molecule has 96 valence electrons. The average molecular weight is 309 g/mol. The van der Waals surface area contributed by atoms with Crippen LogP contribution < -0.4 is 5.73 Å². The Morgan fingerprint density at radius 2 is 2.06 bits per heavy atom. The van der Waals surface area contributed by atoms with E-state index >= 15 is 0 Å². The first kappa shape index (κ1) is 13.1. The van der Waals surface area contributed by atoms with Gasteiger partial charge in [-0.2, -0.15) is 5.10 Å². The van der Waals surface area contributed by atoms with Gasteiger partial charge in [-0.25, -0.2) is 0 Å². The van der Waals surface area contributed by atoms with Gasteiger partial charge in [-0.05, 0) is 40.7 Å². The fraction of sp³-hybridized carbons (Fsp3) is 0.308. The monoisotopic (exact) mass is 308 g/mol. The third-order valence-electron chi connectivity index (χ3n) is 2.72. The third-order valence-corrected chi connectivity index (χ3v) is 3.45. The molecule has 0 fully saturated rings. The highest BCUT2D eigenvalue weighted by molar-refractivity contribution is 9.10. The van der Waals surface area contributed by atoms with Crippen LogP contribution in [0, 0.1) is 0 Å². The predicted octanol–water partition coefficient (Wildman–Crippen LogP) is 2.40. The SMILES string of the molecule is CN(Cc1ccc(Br)c(N)c1)Cc1cnn(C)c1. The second-order valence-corrected chi connectivity index (χ2v) is 5.40. The normalized spacial score (nSPS) is 11.1. The molecule has 0 unspecified atom stereocenters. The summed E-state index contributed by atoms with van der Waals surface area (Å²) in [5.74, 6) is 0. The summed E-state index contributed by atoms with van der Waals surface area (Å²) in [6, 6.07) is 6.08. The molecular weight excluding hydrogens is 292 g/mol. The first-order valence-electron chi connectivity index (χ1n) is 5.74. The highest BCUT2D eigenvalue weighted by atomic mass is 79.9. The molecule has 1 aromatic heterocycles. The molecule has 0 bridgehead atoms. The minimum absolute atomic E-state index is 0.780. The minimum atomic E-state index is 0.780. The Labute approximate surface area is 116 Å². The number of nitrogen functional groups attached to an aromatic ring is 1. The van der Waals surface area contributed by atoms with Gasteiger partial charge in [0.15, 0.2) is 0 Å². The maximum Gasteiger partial charge on any atom is 0.0534 e. The number of benzene rings is 1. The van der Waals surface area contributed by atoms with Crippen molar-refractivity contribution in [2.24, 2.45) is 7.05 Å². The van der Waals surface area contributed by atoms with Gasteiger partial charge < -0.3 is 5.73 Å². The lowest BCUT2D eigenvalue weighted by atomic mass is 10.2. The van der Waals surface area contributed by atoms with Crippen LogP contribution in [0.2, 0.25) is 0 Å². The molecule has 1 heterocycles. The number of hydrogen-bond acceptors (Lipinski definition) is 3. The van der Waals surface area contributed by atoms with E-state index < -0.39 is 0 Å². The molecule has 0 atom stereocenters. The van der Waals surface area contributed by atoms with E-state index in [1.807, 2.05) is 36.3 Å². The van der Waals surface area contributed by atoms with Gasteiger partial charge in [0.2, 0.25) is 0 Å². The smallest absolute Gasteiger partial charge is 0.0534 e. The Bertz CT molecular complexity index is 536. The predicted molar refractivity (Wildman–Crippen MR) is 76.9 cm³/mol. The number of anilines is 1. The van der Waals surface area contributed by atoms with Gasteiger partial charge in [0.25, 0.3) is 0 Å². The lowest BCUT2D eigenvalue weighted by Gasteiger charge is -2.16. The van der Waals surface area contributed by atoms with Crippen LogP contribution in [0.25, 0.3) is 0 Å². The molecular formula is C13H17BrN4. The fourth-order valence-electron chi connectivity index (χ4n) is 1.92. The van der Waals surface area contributed by atoms with Crippen LogP contribution in [-0.2, 0) is 20.1 Å². The molecule has 1 aromatic carbocycles. The van der Waals surface area contributed by atoms with E-state index in [-0.39, 0.29) is 0 Å². The summed E-state index contributed by atoms with van der Waals surface area (Å²) >= 11 is 3.40. The maximum atomic E-state index is 5.87. The van der Waals surface area contributed by atoms with Crippen molar-refractivity contribution in [3.8, 4) is 0 Å². The van der Waals surface area contributed by atoms with Gasteiger partial charge >= 0.3 is 0 Å². The summed E-state index contributed by atoms with van der Waals surface area (Å²) < 4.78 is 2.77. The zero-order valence-corrected chi connectivity index (χ0v) is 12.2. The van der Waals surface area contributed by atoms with Crippen molar-refractivity contribution in [3.05, 3.63) is 46.2 Å². The Morgan fingerprint density at radius 3 is 2.67 bits per heavy atom. The largest absolute Gasteiger partial charge is 0.398 e. The first-order valence-corrected chi connectivity index (χ1v) is 6.54. The highest BCUT2D eigenvalue weighted by Crippen LogP contribution is 2.21. The third kappa shape index (κ3) is 3.34. The van der Waals surface area contributed by atoms with Crippen LogP contribution >= 0.6 is 15.9 Å². The van der Waals surface area contributed by atoms with Crippen molar-refractivity contribution < 1.29 is 0 Å². The molecule has 18 heavy (non-hydrogen) atoms. The Balaban J connectivity index is 1.98. The minimum Gasteiger partial charge on any atom is -0.398 e. The van der Waals surface area contributed by atoms with Crippen molar-refractivity contribution >= 4 is 21.6 Å². The quantitative estimate of drug-likeness (QED) is 0.882. The lowest BCUT2D eigenvalue weighted by molar-refractivity contribution is 0.319. The second-order valence-electron chi connectivity index (χ2n) is 4.55. The summed E-state index contributed by atoms with van der Waals surface area (Å²) in [6.45, 7) is 1.75. The lowest BCUT2D eigenvalue weighted by Crippen LogP contribution is -2.17. The highest BCUT2D eigenvalue weighted by Gasteiger charge is 2.05. The fourth-order valence-corrected chi connectivity index (χ4v) is 2.17. The van der Waals surface area contributed by atoms with Crippen LogP contribution in [-0.4, -0.2) is 21.7 Å². The van der Waals surface area contributed by atoms with Crippen LogP contribution in [0.4, 0.5) is 5.69 Å². The van der Waals surface area contributed by atoms with E-state index in [1.165, 1.54) is 11.1 Å². The summed E-state index contributed by atoms with van der Waals surface area (Å²) in [5, 5.41) is 4.17. The summed E-state index contributed by atoms with van der Waals surface area (Å²) in [7, 11) is 4.02. The number of halogens is 1. The number of rotatable bonds is 4. The number of nitrogens with two attached hydrogens (primary N) is 1. The van der Waals surface area contributed by atoms with Crippen LogP contribution in [0.15, 0.2) is 35.1 Å². The Hall–Kier alpha value is -1.33. The van der Waals surface area contributed by atoms with E-state index in [0.29, 0.717) is 0 Å². The van der Waals surface area contributed by atoms with Crippen molar-refractivity contribution in [2.75, 3.05) is 12.8 Å². The van der Waals surface area contributed by atoms with Crippen LogP contribution in [0.5, 0.6) is 0 Å². The number of aromatic nitrogens is 2. The van der Waals surface area contributed by atoms with Gasteiger partial charge in [0.05, 0.1) is 6.20 Å². The van der Waals surface area contributed by atoms with Crippen molar-refractivity contribution in [2.45, 2.75) is 13.1 Å². The maximum absolute atomic E-state index is 5.87. The Kier molecular flexibility index (Phi) is 4.04. The van der Waals surface area contributed by atoms with Gasteiger partial charge in [0.1, 0.15) is 0 Å². The summed E-state index contributed by atoms with van der Waals surface area (Å²) in [4.78, 5) is 2.24. The van der Waals surface area contributed by atoms with Gasteiger partial charge in [-0.1, -0.05) is 6.07 Å². The topological polar surface area (TPSA) is 47.1 Å². The standard InChI is InChI=1S/C13H17BrN4/c1-17(8-11-6-16-18(2)9-11)7-10-3-4-12(14)13(15)5-10/h3-6,9H,7-8,15H2,1-2H3. The molecule has 0 aliphatic rings. The molecule has 0 radical (unpaired) electrons. The molecule has 2 rings (SSSR count). The van der Waals surface area contributed by atoms with Crippen LogP contribution in [0.1, 0.15) is 11.1 Å². The average Bonchev–Trinajstić information content (AvgIpc) is 2.69. The number of hydrogen-bond donors (Lipinski definition) is 1. The Morgan fingerprint density at radius 1 is 1.33 bits per heavy atom. The van der Waals surface area contributed by atoms with E-state index in [4.69, 9.17) is 5.73 Å². The molecule has 5 heteroatoms. The number of aryl methyl sites for hydroxylation is 1. The van der Waals surface area contributed by atoms with E-state index in [0.717, 1.165) is 23.2 Å². The van der Waals surface area contributed by atoms with Gasteiger partial charge in [-0.3, -0.25) is 9.58 Å². The molecule has 0 amide bonds. The summed E-state index contributed by atoms with van der Waals surface area (Å²) in [5.41, 5.74) is 9.08. The summed E-state index contributed by atoms with van der Waals surface area (Å²) in [6.07, 6.45) is 3.93. The van der Waals surface area contributed by atoms with Crippen LogP contribution in [0.3, 0.4) is 0 Å². The van der Waals surface area contributed by atoms with Crippen molar-refractivity contribution in [1.82, 2.24) is 14.7 Å². The zero-order chi connectivity index (χ0) is 13.1. The molecule has 4 nitrogen and oxygen atoms in total. The van der Waals surface area contributed by atoms with Gasteiger partial charge in [0, 0.05) is 42.1 Å². The molecule has 0 saturated heterocycles. The first-order chi connectivity index (χ1) is 8.54. The van der Waals surface area contributed by atoms with Gasteiger partial charge in [-0.15, -0.1) is 0 Å². The van der Waals surface area contributed by atoms with E-state index in [1.54, 1.807) is 0 Å². The molecule has 0 saturated carbocycles.